The molecule has 0 radical (unpaired) electrons. The van der Waals surface area contributed by atoms with Gasteiger partial charge in [-0.1, -0.05) is 30.3 Å². The Labute approximate surface area is 214 Å². The van der Waals surface area contributed by atoms with Crippen LogP contribution < -0.4 is 10.2 Å². The zero-order chi connectivity index (χ0) is 24.6. The van der Waals surface area contributed by atoms with Gasteiger partial charge < -0.3 is 25.0 Å². The number of ether oxygens (including phenoxy) is 1. The highest BCUT2D eigenvalue weighted by molar-refractivity contribution is 5.96. The quantitative estimate of drug-likeness (QED) is 0.671. The third-order valence-corrected chi connectivity index (χ3v) is 8.63. The monoisotopic (exact) mass is 490 g/mol. The number of morpholine rings is 1. The maximum atomic E-state index is 13.5. The van der Waals surface area contributed by atoms with Crippen LogP contribution in [0.25, 0.3) is 0 Å². The fourth-order valence-corrected chi connectivity index (χ4v) is 6.56. The van der Waals surface area contributed by atoms with Gasteiger partial charge in [0.1, 0.15) is 0 Å². The van der Waals surface area contributed by atoms with E-state index in [9.17, 15) is 9.90 Å². The number of fused-ring (bicyclic) bond motifs is 4. The lowest BCUT2D eigenvalue weighted by Crippen LogP contribution is -2.49. The Bertz CT molecular complexity index is 1090. The Balaban J connectivity index is 1.16. The van der Waals surface area contributed by atoms with Gasteiger partial charge in [-0.05, 0) is 55.0 Å². The van der Waals surface area contributed by atoms with Gasteiger partial charge in [-0.3, -0.25) is 9.69 Å². The van der Waals surface area contributed by atoms with Crippen LogP contribution in [0.2, 0.25) is 0 Å². The number of rotatable bonds is 5. The van der Waals surface area contributed by atoms with Crippen LogP contribution in [0.3, 0.4) is 0 Å². The second-order valence-corrected chi connectivity index (χ2v) is 10.8. The number of aliphatic hydroxyl groups is 1. The first-order valence-corrected chi connectivity index (χ1v) is 13.6. The van der Waals surface area contributed by atoms with Crippen LogP contribution in [0.1, 0.15) is 46.8 Å². The summed E-state index contributed by atoms with van der Waals surface area (Å²) in [5.74, 6) is 0.143. The van der Waals surface area contributed by atoms with Crippen molar-refractivity contribution >= 4 is 11.6 Å². The SMILES string of the molecule is CCN1CCN(CC(O)C2Cc3ccccc3CN2)Cc2ccc(C(=O)N3C4CCC3COC4)cc21. The second-order valence-electron chi connectivity index (χ2n) is 10.8. The van der Waals surface area contributed by atoms with Gasteiger partial charge in [0, 0.05) is 56.6 Å². The number of hydrogen-bond donors (Lipinski definition) is 2. The Kier molecular flexibility index (Phi) is 6.73. The number of carbonyl (C=O) groups excluding carboxylic acids is 1. The lowest BCUT2D eigenvalue weighted by atomic mass is 9.93. The van der Waals surface area contributed by atoms with E-state index >= 15 is 0 Å². The summed E-state index contributed by atoms with van der Waals surface area (Å²) in [4.78, 5) is 20.3. The van der Waals surface area contributed by atoms with Crippen molar-refractivity contribution in [3.63, 3.8) is 0 Å². The molecule has 0 aliphatic carbocycles. The minimum atomic E-state index is -0.437. The molecule has 7 heteroatoms. The molecule has 0 aromatic heterocycles. The van der Waals surface area contributed by atoms with Gasteiger partial charge in [0.15, 0.2) is 0 Å². The van der Waals surface area contributed by atoms with Crippen LogP contribution in [0.15, 0.2) is 42.5 Å². The number of nitrogens with zero attached hydrogens (tertiary/aromatic N) is 3. The number of amides is 1. The van der Waals surface area contributed by atoms with Crippen LogP contribution >= 0.6 is 0 Å². The van der Waals surface area contributed by atoms with Gasteiger partial charge in [-0.25, -0.2) is 0 Å². The van der Waals surface area contributed by atoms with Crippen molar-refractivity contribution in [2.24, 2.45) is 0 Å². The summed E-state index contributed by atoms with van der Waals surface area (Å²) < 4.78 is 5.69. The van der Waals surface area contributed by atoms with Crippen molar-refractivity contribution < 1.29 is 14.6 Å². The highest BCUT2D eigenvalue weighted by Gasteiger charge is 2.41. The molecule has 36 heavy (non-hydrogen) atoms. The Morgan fingerprint density at radius 3 is 2.64 bits per heavy atom. The zero-order valence-electron chi connectivity index (χ0n) is 21.2. The Hall–Kier alpha value is -2.45. The number of nitrogens with one attached hydrogen (secondary N) is 1. The summed E-state index contributed by atoms with van der Waals surface area (Å²) in [5, 5.41) is 14.7. The lowest BCUT2D eigenvalue weighted by molar-refractivity contribution is -0.00715. The molecule has 2 fully saturated rings. The summed E-state index contributed by atoms with van der Waals surface area (Å²) in [6.07, 6.45) is 2.51. The first-order chi connectivity index (χ1) is 17.6. The number of benzene rings is 2. The zero-order valence-corrected chi connectivity index (χ0v) is 21.2. The van der Waals surface area contributed by atoms with Crippen LogP contribution in [-0.2, 0) is 24.2 Å². The molecule has 4 aliphatic heterocycles. The highest BCUT2D eigenvalue weighted by atomic mass is 16.5. The minimum Gasteiger partial charge on any atom is -0.390 e. The van der Waals surface area contributed by atoms with Gasteiger partial charge in [-0.15, -0.1) is 0 Å². The van der Waals surface area contributed by atoms with E-state index in [0.717, 1.165) is 63.2 Å². The van der Waals surface area contributed by atoms with E-state index < -0.39 is 6.10 Å². The summed E-state index contributed by atoms with van der Waals surface area (Å²) in [5.41, 5.74) is 5.84. The van der Waals surface area contributed by atoms with E-state index in [1.54, 1.807) is 0 Å². The molecule has 0 spiro atoms. The van der Waals surface area contributed by atoms with Gasteiger partial charge >= 0.3 is 0 Å². The molecule has 4 atom stereocenters. The molecule has 2 aromatic rings. The van der Waals surface area contributed by atoms with Crippen LogP contribution in [0.5, 0.6) is 0 Å². The molecular weight excluding hydrogens is 452 g/mol. The van der Waals surface area contributed by atoms with Gasteiger partial charge in [-0.2, -0.15) is 0 Å². The maximum Gasteiger partial charge on any atom is 0.254 e. The van der Waals surface area contributed by atoms with Gasteiger partial charge in [0.25, 0.3) is 5.91 Å². The molecule has 0 saturated carbocycles. The molecule has 7 nitrogen and oxygen atoms in total. The second kappa shape index (κ2) is 10.1. The number of anilines is 1. The van der Waals surface area contributed by atoms with Crippen LogP contribution in [0, 0.1) is 0 Å². The summed E-state index contributed by atoms with van der Waals surface area (Å²) in [7, 11) is 0. The van der Waals surface area contributed by atoms with Crippen LogP contribution in [-0.4, -0.2) is 84.4 Å². The highest BCUT2D eigenvalue weighted by Crippen LogP contribution is 2.33. The van der Waals surface area contributed by atoms with E-state index in [4.69, 9.17) is 4.74 Å². The number of carbonyl (C=O) groups is 1. The Morgan fingerprint density at radius 1 is 1.08 bits per heavy atom. The topological polar surface area (TPSA) is 68.3 Å². The minimum absolute atomic E-state index is 0.0637. The molecule has 4 aliphatic rings. The van der Waals surface area contributed by atoms with E-state index in [1.165, 1.54) is 16.7 Å². The molecule has 4 heterocycles. The molecule has 2 aromatic carbocycles. The average molecular weight is 491 g/mol. The van der Waals surface area contributed by atoms with E-state index in [0.29, 0.717) is 19.8 Å². The molecule has 6 rings (SSSR count). The molecule has 192 valence electrons. The summed E-state index contributed by atoms with van der Waals surface area (Å²) in [6.45, 7) is 8.39. The van der Waals surface area contributed by atoms with E-state index in [-0.39, 0.29) is 24.0 Å². The summed E-state index contributed by atoms with van der Waals surface area (Å²) >= 11 is 0. The van der Waals surface area contributed by atoms with Crippen molar-refractivity contribution in [2.75, 3.05) is 44.3 Å². The standard InChI is InChI=1S/C29H38N4O3/c1-2-32-12-11-31(17-28(34)26-13-20-5-3-4-6-22(20)15-30-26)16-23-8-7-21(14-27(23)32)29(35)33-24-9-10-25(33)19-36-18-24/h3-8,14,24-26,28,30,34H,2,9-13,15-19H2,1H3. The van der Waals surface area contributed by atoms with Crippen LogP contribution in [0.4, 0.5) is 5.69 Å². The smallest absolute Gasteiger partial charge is 0.254 e. The molecule has 2 saturated heterocycles. The average Bonchev–Trinajstić information content (AvgIpc) is 3.05. The van der Waals surface area contributed by atoms with Crippen molar-refractivity contribution in [3.8, 4) is 0 Å². The first kappa shape index (κ1) is 23.9. The van der Waals surface area contributed by atoms with Crippen molar-refractivity contribution in [3.05, 3.63) is 64.7 Å². The molecular formula is C29H38N4O3. The van der Waals surface area contributed by atoms with Crippen molar-refractivity contribution in [1.82, 2.24) is 15.1 Å². The molecule has 1 amide bonds. The third-order valence-electron chi connectivity index (χ3n) is 8.63. The van der Waals surface area contributed by atoms with Crippen molar-refractivity contribution in [1.29, 1.82) is 0 Å². The normalized spacial score (nSPS) is 26.8. The third kappa shape index (κ3) is 4.54. The number of β-amino-alcohol motifs (C(OH)–C–C–N with tert-alkyl or cyclic N) is 1. The maximum absolute atomic E-state index is 13.5. The summed E-state index contributed by atoms with van der Waals surface area (Å²) in [6, 6.07) is 15.2. The fraction of sp³-hybridized carbons (Fsp3) is 0.552. The van der Waals surface area contributed by atoms with Gasteiger partial charge in [0.05, 0.1) is 31.4 Å². The lowest BCUT2D eigenvalue weighted by Gasteiger charge is -2.35. The Morgan fingerprint density at radius 2 is 1.86 bits per heavy atom. The molecule has 4 unspecified atom stereocenters. The molecule has 2 bridgehead atoms. The largest absolute Gasteiger partial charge is 0.390 e. The van der Waals surface area contributed by atoms with E-state index in [1.807, 2.05) is 6.07 Å². The number of likely N-dealkylation sites (N-methyl/N-ethyl adjacent to an activating group) is 1. The molecule has 2 N–H and O–H groups in total. The number of hydrogen-bond acceptors (Lipinski definition) is 6. The predicted octanol–water partition coefficient (Wildman–Crippen LogP) is 2.41. The fourth-order valence-electron chi connectivity index (χ4n) is 6.56. The predicted molar refractivity (Wildman–Crippen MR) is 140 cm³/mol. The van der Waals surface area contributed by atoms with E-state index in [2.05, 4.69) is 63.3 Å². The first-order valence-electron chi connectivity index (χ1n) is 13.6. The van der Waals surface area contributed by atoms with Crippen molar-refractivity contribution in [2.45, 2.75) is 63.5 Å². The van der Waals surface area contributed by atoms with Gasteiger partial charge in [0.2, 0.25) is 0 Å². The number of aliphatic hydroxyl groups excluding tert-OH is 1.